The number of benzene rings is 2. The first-order chi connectivity index (χ1) is 16.5. The van der Waals surface area contributed by atoms with Gasteiger partial charge >= 0.3 is 0 Å². The number of nitrogens with one attached hydrogen (secondary N) is 3. The lowest BCUT2D eigenvalue weighted by Gasteiger charge is -2.12. The third-order valence-electron chi connectivity index (χ3n) is 5.18. The molecule has 5 aromatic rings. The minimum absolute atomic E-state index is 0.0539. The predicted molar refractivity (Wildman–Crippen MR) is 133 cm³/mol. The van der Waals surface area contributed by atoms with Gasteiger partial charge in [0.1, 0.15) is 17.2 Å². The number of ether oxygens (including phenoxy) is 1. The average Bonchev–Trinajstić information content (AvgIpc) is 3.30. The molecule has 0 unspecified atom stereocenters. The second-order valence-electron chi connectivity index (χ2n) is 8.22. The van der Waals surface area contributed by atoms with E-state index < -0.39 is 0 Å². The van der Waals surface area contributed by atoms with Crippen molar-refractivity contribution in [2.75, 3.05) is 11.9 Å². The van der Waals surface area contributed by atoms with E-state index in [4.69, 9.17) is 14.7 Å². The van der Waals surface area contributed by atoms with Crippen molar-refractivity contribution >= 4 is 39.3 Å². The number of carbonyl (C=O) groups excluding carboxylic acids is 1. The van der Waals surface area contributed by atoms with Crippen LogP contribution in [0.25, 0.3) is 33.3 Å². The van der Waals surface area contributed by atoms with Gasteiger partial charge in [0.25, 0.3) is 5.91 Å². The number of aromatic nitrogens is 4. The number of hydrogen-bond donors (Lipinski definition) is 3. The Bertz CT molecular complexity index is 1480. The molecule has 3 heterocycles. The fourth-order valence-corrected chi connectivity index (χ4v) is 3.68. The molecule has 5 rings (SSSR count). The third kappa shape index (κ3) is 4.66. The first-order valence-corrected chi connectivity index (χ1v) is 11.0. The van der Waals surface area contributed by atoms with E-state index in [9.17, 15) is 4.79 Å². The van der Waals surface area contributed by atoms with E-state index in [0.29, 0.717) is 17.4 Å². The highest BCUT2D eigenvalue weighted by molar-refractivity contribution is 5.93. The summed E-state index contributed by atoms with van der Waals surface area (Å²) in [6, 6.07) is 19.3. The Labute approximate surface area is 196 Å². The molecular formula is C26H24N6O2. The van der Waals surface area contributed by atoms with E-state index in [1.54, 1.807) is 6.20 Å². The van der Waals surface area contributed by atoms with Crippen LogP contribution in [0.1, 0.15) is 13.8 Å². The van der Waals surface area contributed by atoms with E-state index in [2.05, 4.69) is 20.6 Å². The first kappa shape index (κ1) is 21.4. The number of rotatable bonds is 7. The molecule has 0 aliphatic rings. The number of anilines is 2. The standard InChI is InChI=1S/C26H24N6O2/c1-16(2)29-23(33)15-34-20-7-5-6-17(13-20)25-31-22-9-4-3-8-21(22)26(32-25)30-19-12-18-10-11-27-24(18)28-14-19/h3-14,16H,15H2,1-2H3,(H,27,28)(H,29,33)(H,30,31,32). The van der Waals surface area contributed by atoms with Crippen molar-refractivity contribution in [2.45, 2.75) is 19.9 Å². The van der Waals surface area contributed by atoms with Gasteiger partial charge in [-0.05, 0) is 50.2 Å². The largest absolute Gasteiger partial charge is 0.484 e. The summed E-state index contributed by atoms with van der Waals surface area (Å²) >= 11 is 0. The zero-order valence-corrected chi connectivity index (χ0v) is 18.9. The molecule has 0 saturated heterocycles. The first-order valence-electron chi connectivity index (χ1n) is 11.0. The summed E-state index contributed by atoms with van der Waals surface area (Å²) in [6.45, 7) is 3.77. The molecule has 0 fully saturated rings. The highest BCUT2D eigenvalue weighted by atomic mass is 16.5. The molecule has 170 valence electrons. The van der Waals surface area contributed by atoms with E-state index in [1.165, 1.54) is 0 Å². The van der Waals surface area contributed by atoms with Gasteiger partial charge in [0.05, 0.1) is 17.4 Å². The Morgan fingerprint density at radius 2 is 1.94 bits per heavy atom. The van der Waals surface area contributed by atoms with Gasteiger partial charge in [-0.2, -0.15) is 0 Å². The van der Waals surface area contributed by atoms with Gasteiger partial charge in [-0.3, -0.25) is 4.79 Å². The number of fused-ring (bicyclic) bond motifs is 2. The SMILES string of the molecule is CC(C)NC(=O)COc1cccc(-c2nc(Nc3cnc4[nH]ccc4c3)c3ccccc3n2)c1. The van der Waals surface area contributed by atoms with Gasteiger partial charge in [-0.15, -0.1) is 0 Å². The maximum Gasteiger partial charge on any atom is 0.258 e. The van der Waals surface area contributed by atoms with Crippen LogP contribution in [-0.4, -0.2) is 38.5 Å². The molecular weight excluding hydrogens is 428 g/mol. The van der Waals surface area contributed by atoms with Crippen molar-refractivity contribution in [1.82, 2.24) is 25.3 Å². The van der Waals surface area contributed by atoms with Gasteiger partial charge < -0.3 is 20.4 Å². The minimum Gasteiger partial charge on any atom is -0.484 e. The molecule has 0 aliphatic carbocycles. The number of aromatic amines is 1. The zero-order chi connectivity index (χ0) is 23.5. The van der Waals surface area contributed by atoms with Crippen LogP contribution in [0.15, 0.2) is 73.1 Å². The number of para-hydroxylation sites is 1. The van der Waals surface area contributed by atoms with Crippen LogP contribution in [-0.2, 0) is 4.79 Å². The second-order valence-corrected chi connectivity index (χ2v) is 8.22. The number of amides is 1. The average molecular weight is 453 g/mol. The van der Waals surface area contributed by atoms with Gasteiger partial charge in [0.2, 0.25) is 0 Å². The lowest BCUT2D eigenvalue weighted by molar-refractivity contribution is -0.123. The summed E-state index contributed by atoms with van der Waals surface area (Å²) in [4.78, 5) is 29.1. The van der Waals surface area contributed by atoms with Crippen molar-refractivity contribution in [2.24, 2.45) is 0 Å². The number of hydrogen-bond acceptors (Lipinski definition) is 6. The lowest BCUT2D eigenvalue weighted by atomic mass is 10.1. The molecule has 2 aromatic carbocycles. The Kier molecular flexibility index (Phi) is 5.78. The summed E-state index contributed by atoms with van der Waals surface area (Å²) in [5.74, 6) is 1.64. The fourth-order valence-electron chi connectivity index (χ4n) is 3.68. The number of H-pyrrole nitrogens is 1. The quantitative estimate of drug-likeness (QED) is 0.327. The Morgan fingerprint density at radius 3 is 2.82 bits per heavy atom. The Balaban J connectivity index is 1.46. The molecule has 0 bridgehead atoms. The molecule has 8 nitrogen and oxygen atoms in total. The molecule has 3 aromatic heterocycles. The molecule has 3 N–H and O–H groups in total. The molecule has 0 aliphatic heterocycles. The van der Waals surface area contributed by atoms with Crippen molar-refractivity contribution in [1.29, 1.82) is 0 Å². The van der Waals surface area contributed by atoms with Crippen molar-refractivity contribution in [3.63, 3.8) is 0 Å². The van der Waals surface area contributed by atoms with Crippen LogP contribution in [0.4, 0.5) is 11.5 Å². The van der Waals surface area contributed by atoms with Gasteiger partial charge in [-0.25, -0.2) is 15.0 Å². The van der Waals surface area contributed by atoms with Crippen LogP contribution in [0, 0.1) is 0 Å². The molecule has 1 amide bonds. The van der Waals surface area contributed by atoms with E-state index >= 15 is 0 Å². The third-order valence-corrected chi connectivity index (χ3v) is 5.18. The molecule has 34 heavy (non-hydrogen) atoms. The van der Waals surface area contributed by atoms with E-state index in [-0.39, 0.29) is 18.6 Å². The Morgan fingerprint density at radius 1 is 1.06 bits per heavy atom. The summed E-state index contributed by atoms with van der Waals surface area (Å²) in [7, 11) is 0. The van der Waals surface area contributed by atoms with Crippen LogP contribution in [0.5, 0.6) is 5.75 Å². The minimum atomic E-state index is -0.165. The summed E-state index contributed by atoms with van der Waals surface area (Å²) in [6.07, 6.45) is 3.63. The van der Waals surface area contributed by atoms with Gasteiger partial charge in [0.15, 0.2) is 12.4 Å². The maximum absolute atomic E-state index is 11.9. The fraction of sp³-hybridized carbons (Fsp3) is 0.154. The highest BCUT2D eigenvalue weighted by Crippen LogP contribution is 2.29. The normalized spacial score (nSPS) is 11.1. The topological polar surface area (TPSA) is 105 Å². The molecule has 0 spiro atoms. The van der Waals surface area contributed by atoms with Crippen LogP contribution in [0.2, 0.25) is 0 Å². The molecule has 0 saturated carbocycles. The van der Waals surface area contributed by atoms with E-state index in [0.717, 1.165) is 33.2 Å². The number of nitrogens with zero attached hydrogens (tertiary/aromatic N) is 3. The maximum atomic E-state index is 11.9. The van der Waals surface area contributed by atoms with Gasteiger partial charge in [0, 0.05) is 28.6 Å². The van der Waals surface area contributed by atoms with Crippen LogP contribution in [0.3, 0.4) is 0 Å². The van der Waals surface area contributed by atoms with Crippen LogP contribution < -0.4 is 15.4 Å². The molecule has 8 heteroatoms. The van der Waals surface area contributed by atoms with Crippen molar-refractivity contribution in [3.05, 3.63) is 73.1 Å². The zero-order valence-electron chi connectivity index (χ0n) is 18.9. The molecule has 0 radical (unpaired) electrons. The summed E-state index contributed by atoms with van der Waals surface area (Å²) in [5, 5.41) is 8.13. The highest BCUT2D eigenvalue weighted by Gasteiger charge is 2.12. The van der Waals surface area contributed by atoms with E-state index in [1.807, 2.05) is 80.7 Å². The number of carbonyl (C=O) groups is 1. The van der Waals surface area contributed by atoms with Crippen molar-refractivity contribution in [3.8, 4) is 17.1 Å². The summed E-state index contributed by atoms with van der Waals surface area (Å²) in [5.41, 5.74) is 3.26. The van der Waals surface area contributed by atoms with Crippen LogP contribution >= 0.6 is 0 Å². The Hall–Kier alpha value is -4.46. The monoisotopic (exact) mass is 452 g/mol. The molecule has 0 atom stereocenters. The summed E-state index contributed by atoms with van der Waals surface area (Å²) < 4.78 is 5.68. The van der Waals surface area contributed by atoms with Crippen molar-refractivity contribution < 1.29 is 9.53 Å². The smallest absolute Gasteiger partial charge is 0.258 e. The van der Waals surface area contributed by atoms with Gasteiger partial charge in [-0.1, -0.05) is 24.3 Å². The number of pyridine rings is 1. The second kappa shape index (κ2) is 9.19. The predicted octanol–water partition coefficient (Wildman–Crippen LogP) is 4.82. The lowest BCUT2D eigenvalue weighted by Crippen LogP contribution is -2.34.